The Bertz CT molecular complexity index is 1020. The van der Waals surface area contributed by atoms with Crippen LogP contribution in [0.2, 0.25) is 0 Å². The standard InChI is InChI=1S/C14H18N2OS.C11H17NOS.C2H6/c1-5-12(17)14(16(3)4)10-6-7-13-11(8-10)15-9(2)18-13;1-8(2)11(13)10(12(3)4)9-5-6-14-7-9;1-2/h6-8,14H,5H2,1-4H3;5-8,10H,1-4H3;1-2H3. The second kappa shape index (κ2) is 14.5. The van der Waals surface area contributed by atoms with Crippen LogP contribution in [0.1, 0.15) is 69.3 Å². The van der Waals surface area contributed by atoms with Gasteiger partial charge in [-0.2, -0.15) is 11.3 Å². The van der Waals surface area contributed by atoms with E-state index in [1.54, 1.807) is 22.7 Å². The average Bonchev–Trinajstić information content (AvgIpc) is 3.43. The van der Waals surface area contributed by atoms with E-state index >= 15 is 0 Å². The molecule has 2 atom stereocenters. The number of thiophene rings is 1. The van der Waals surface area contributed by atoms with Crippen LogP contribution in [-0.2, 0) is 9.59 Å². The van der Waals surface area contributed by atoms with Gasteiger partial charge >= 0.3 is 0 Å². The molecule has 0 fully saturated rings. The number of Topliss-reactive ketones (excluding diaryl/α,β-unsaturated/α-hetero) is 2. The van der Waals surface area contributed by atoms with Gasteiger partial charge in [0.2, 0.25) is 0 Å². The smallest absolute Gasteiger partial charge is 0.157 e. The highest BCUT2D eigenvalue weighted by molar-refractivity contribution is 7.18. The molecule has 34 heavy (non-hydrogen) atoms. The van der Waals surface area contributed by atoms with Crippen molar-refractivity contribution < 1.29 is 9.59 Å². The summed E-state index contributed by atoms with van der Waals surface area (Å²) in [5.41, 5.74) is 3.13. The molecule has 3 aromatic rings. The molecule has 7 heteroatoms. The van der Waals surface area contributed by atoms with Crippen molar-refractivity contribution in [1.29, 1.82) is 0 Å². The second-order valence-electron chi connectivity index (χ2n) is 8.63. The summed E-state index contributed by atoms with van der Waals surface area (Å²) in [6, 6.07) is 7.92. The van der Waals surface area contributed by atoms with Crippen molar-refractivity contribution in [2.75, 3.05) is 28.2 Å². The van der Waals surface area contributed by atoms with E-state index in [9.17, 15) is 9.59 Å². The van der Waals surface area contributed by atoms with E-state index < -0.39 is 0 Å². The van der Waals surface area contributed by atoms with Crippen molar-refractivity contribution in [3.05, 3.63) is 51.2 Å². The highest BCUT2D eigenvalue weighted by Gasteiger charge is 2.25. The van der Waals surface area contributed by atoms with Crippen LogP contribution in [0.4, 0.5) is 0 Å². The predicted molar refractivity (Wildman–Crippen MR) is 148 cm³/mol. The van der Waals surface area contributed by atoms with E-state index in [0.717, 1.165) is 21.7 Å². The summed E-state index contributed by atoms with van der Waals surface area (Å²) in [6.07, 6.45) is 0.553. The summed E-state index contributed by atoms with van der Waals surface area (Å²) in [5, 5.41) is 5.12. The summed E-state index contributed by atoms with van der Waals surface area (Å²) in [7, 11) is 7.77. The molecule has 0 amide bonds. The number of aromatic nitrogens is 1. The molecule has 188 valence electrons. The van der Waals surface area contributed by atoms with Crippen molar-refractivity contribution in [2.24, 2.45) is 5.92 Å². The molecular weight excluding hydrogens is 462 g/mol. The Balaban J connectivity index is 0.000000326. The van der Waals surface area contributed by atoms with Crippen LogP contribution in [0, 0.1) is 12.8 Å². The maximum atomic E-state index is 12.0. The molecular formula is C27H41N3O2S2. The fourth-order valence-corrected chi connectivity index (χ4v) is 5.14. The van der Waals surface area contributed by atoms with Gasteiger partial charge in [-0.25, -0.2) is 4.98 Å². The molecule has 0 radical (unpaired) electrons. The maximum absolute atomic E-state index is 12.0. The Morgan fingerprint density at radius 3 is 2.06 bits per heavy atom. The number of carbonyl (C=O) groups is 2. The minimum absolute atomic E-state index is 0.0822. The van der Waals surface area contributed by atoms with E-state index in [-0.39, 0.29) is 29.6 Å². The molecule has 2 aromatic heterocycles. The van der Waals surface area contributed by atoms with Gasteiger partial charge in [0.25, 0.3) is 0 Å². The Kier molecular flexibility index (Phi) is 12.8. The molecule has 0 aliphatic rings. The van der Waals surface area contributed by atoms with E-state index in [1.165, 1.54) is 4.70 Å². The monoisotopic (exact) mass is 503 g/mol. The number of fused-ring (bicyclic) bond motifs is 1. The van der Waals surface area contributed by atoms with Gasteiger partial charge in [0.1, 0.15) is 0 Å². The lowest BCUT2D eigenvalue weighted by Crippen LogP contribution is -2.30. The number of rotatable bonds is 8. The van der Waals surface area contributed by atoms with Crippen molar-refractivity contribution in [3.8, 4) is 0 Å². The first-order chi connectivity index (χ1) is 16.1. The highest BCUT2D eigenvalue weighted by Crippen LogP contribution is 2.28. The van der Waals surface area contributed by atoms with Crippen molar-refractivity contribution in [1.82, 2.24) is 14.8 Å². The molecule has 2 unspecified atom stereocenters. The van der Waals surface area contributed by atoms with Crippen LogP contribution >= 0.6 is 22.7 Å². The second-order valence-corrected chi connectivity index (χ2v) is 10.6. The van der Waals surface area contributed by atoms with Gasteiger partial charge in [-0.3, -0.25) is 19.4 Å². The number of benzene rings is 1. The fraction of sp³-hybridized carbons (Fsp3) is 0.519. The molecule has 0 saturated heterocycles. The molecule has 5 nitrogen and oxygen atoms in total. The maximum Gasteiger partial charge on any atom is 0.157 e. The number of hydrogen-bond acceptors (Lipinski definition) is 7. The first kappa shape index (κ1) is 30.1. The normalized spacial score (nSPS) is 12.7. The summed E-state index contributed by atoms with van der Waals surface area (Å²) >= 11 is 3.32. The molecule has 1 aromatic carbocycles. The first-order valence-electron chi connectivity index (χ1n) is 11.8. The third-order valence-electron chi connectivity index (χ3n) is 5.22. The molecule has 0 aliphatic carbocycles. The zero-order chi connectivity index (χ0) is 26.0. The third kappa shape index (κ3) is 8.08. The lowest BCUT2D eigenvalue weighted by molar-refractivity contribution is -0.126. The Labute approximate surface area is 213 Å². The molecule has 0 aliphatic heterocycles. The quantitative estimate of drug-likeness (QED) is 0.339. The van der Waals surface area contributed by atoms with Gasteiger partial charge in [0, 0.05) is 12.3 Å². The number of likely N-dealkylation sites (N-methyl/N-ethyl adjacent to an activating group) is 2. The SMILES string of the molecule is CC.CC(C)C(=O)C(c1ccsc1)N(C)C.CCC(=O)C(c1ccc2sc(C)nc2c1)N(C)C. The third-order valence-corrected chi connectivity index (χ3v) is 6.87. The Morgan fingerprint density at radius 2 is 1.59 bits per heavy atom. The average molecular weight is 504 g/mol. The van der Waals surface area contributed by atoms with Crippen molar-refractivity contribution in [3.63, 3.8) is 0 Å². The summed E-state index contributed by atoms with van der Waals surface area (Å²) in [5.74, 6) is 0.613. The minimum Gasteiger partial charge on any atom is -0.298 e. The Morgan fingerprint density at radius 1 is 0.971 bits per heavy atom. The predicted octanol–water partition coefficient (Wildman–Crippen LogP) is 6.79. The molecule has 0 spiro atoms. The van der Waals surface area contributed by atoms with Gasteiger partial charge in [-0.05, 0) is 75.2 Å². The summed E-state index contributed by atoms with van der Waals surface area (Å²) in [4.78, 5) is 32.4. The van der Waals surface area contributed by atoms with Gasteiger partial charge in [-0.15, -0.1) is 11.3 Å². The number of hydrogen-bond donors (Lipinski definition) is 0. The van der Waals surface area contributed by atoms with Crippen LogP contribution in [0.3, 0.4) is 0 Å². The first-order valence-corrected chi connectivity index (χ1v) is 13.6. The van der Waals surface area contributed by atoms with Crippen molar-refractivity contribution >= 4 is 44.5 Å². The topological polar surface area (TPSA) is 53.5 Å². The Hall–Kier alpha value is -1.93. The van der Waals surface area contributed by atoms with E-state index in [4.69, 9.17) is 0 Å². The number of aryl methyl sites for hydroxylation is 1. The van der Waals surface area contributed by atoms with Gasteiger partial charge in [-0.1, -0.05) is 40.7 Å². The largest absolute Gasteiger partial charge is 0.298 e. The molecule has 2 heterocycles. The minimum atomic E-state index is -0.165. The van der Waals surface area contributed by atoms with Gasteiger partial charge in [0.15, 0.2) is 11.6 Å². The van der Waals surface area contributed by atoms with Crippen LogP contribution in [0.25, 0.3) is 10.2 Å². The van der Waals surface area contributed by atoms with E-state index in [2.05, 4.69) is 11.1 Å². The zero-order valence-corrected chi connectivity index (χ0v) is 24.0. The van der Waals surface area contributed by atoms with Gasteiger partial charge in [0.05, 0.1) is 27.3 Å². The summed E-state index contributed by atoms with van der Waals surface area (Å²) < 4.78 is 1.18. The number of carbonyl (C=O) groups excluding carboxylic acids is 2. The number of nitrogens with zero attached hydrogens (tertiary/aromatic N) is 3. The van der Waals surface area contributed by atoms with E-state index in [1.807, 2.05) is 108 Å². The van der Waals surface area contributed by atoms with Crippen molar-refractivity contribution in [2.45, 2.75) is 60.0 Å². The van der Waals surface area contributed by atoms with Crippen LogP contribution < -0.4 is 0 Å². The van der Waals surface area contributed by atoms with Crippen LogP contribution in [0.5, 0.6) is 0 Å². The van der Waals surface area contributed by atoms with Crippen LogP contribution in [0.15, 0.2) is 35.0 Å². The fourth-order valence-electron chi connectivity index (χ4n) is 3.66. The summed E-state index contributed by atoms with van der Waals surface area (Å²) in [6.45, 7) is 11.8. The van der Waals surface area contributed by atoms with Gasteiger partial charge < -0.3 is 0 Å². The molecule has 0 saturated carbocycles. The van der Waals surface area contributed by atoms with Crippen LogP contribution in [-0.4, -0.2) is 54.5 Å². The highest BCUT2D eigenvalue weighted by atomic mass is 32.1. The number of thiazole rings is 1. The van der Waals surface area contributed by atoms with E-state index in [0.29, 0.717) is 6.42 Å². The molecule has 0 N–H and O–H groups in total. The number of ketones is 2. The lowest BCUT2D eigenvalue weighted by Gasteiger charge is -2.23. The lowest BCUT2D eigenvalue weighted by atomic mass is 9.96. The molecule has 0 bridgehead atoms. The molecule has 3 rings (SSSR count). The zero-order valence-electron chi connectivity index (χ0n) is 22.4.